The summed E-state index contributed by atoms with van der Waals surface area (Å²) >= 11 is 0. The summed E-state index contributed by atoms with van der Waals surface area (Å²) in [6.45, 7) is 1.81. The maximum Gasteiger partial charge on any atom is 0.306 e. The highest BCUT2D eigenvalue weighted by Crippen LogP contribution is 2.48. The summed E-state index contributed by atoms with van der Waals surface area (Å²) in [7, 11) is 1.57. The molecule has 3 atom stereocenters. The molecule has 0 radical (unpaired) electrons. The smallest absolute Gasteiger partial charge is 0.306 e. The van der Waals surface area contributed by atoms with E-state index in [1.165, 1.54) is 11.6 Å². The number of benzene rings is 3. The molecule has 1 fully saturated rings. The van der Waals surface area contributed by atoms with Gasteiger partial charge in [-0.3, -0.25) is 4.79 Å². The van der Waals surface area contributed by atoms with Gasteiger partial charge in [0.25, 0.3) is 0 Å². The molecule has 1 aliphatic heterocycles. The standard InChI is InChI=1S/C29H29FO4/c1-17(29(31)32)28(20-7-8-20)22-10-9-21-14-24(34-27(21)15-22)13-18-3-5-19(6-4-18)25-16-23(33-2)11-12-26(25)30/h3-6,9-12,15-17,20,24,28H,7-8,13-14H2,1-2H3,(H,31,32)/t17-,24?,28-/m0/s1. The Bertz CT molecular complexity index is 1200. The van der Waals surface area contributed by atoms with E-state index in [4.69, 9.17) is 9.47 Å². The predicted octanol–water partition coefficient (Wildman–Crippen LogP) is 6.26. The van der Waals surface area contributed by atoms with Crippen LogP contribution in [-0.4, -0.2) is 24.3 Å². The second-order valence-corrected chi connectivity index (χ2v) is 9.55. The Balaban J connectivity index is 1.28. The normalized spacial score (nSPS) is 18.6. The van der Waals surface area contributed by atoms with Crippen LogP contribution in [0.5, 0.6) is 11.5 Å². The Hall–Kier alpha value is -3.34. The number of rotatable bonds is 8. The monoisotopic (exact) mass is 460 g/mol. The van der Waals surface area contributed by atoms with Gasteiger partial charge in [-0.15, -0.1) is 0 Å². The molecule has 1 unspecified atom stereocenters. The van der Waals surface area contributed by atoms with Gasteiger partial charge < -0.3 is 14.6 Å². The second kappa shape index (κ2) is 9.13. The van der Waals surface area contributed by atoms with E-state index in [1.807, 2.05) is 31.2 Å². The van der Waals surface area contributed by atoms with Gasteiger partial charge in [0.05, 0.1) is 13.0 Å². The number of fused-ring (bicyclic) bond motifs is 1. The lowest BCUT2D eigenvalue weighted by molar-refractivity contribution is -0.142. The summed E-state index contributed by atoms with van der Waals surface area (Å²) in [5.41, 5.74) is 4.69. The van der Waals surface area contributed by atoms with Gasteiger partial charge in [-0.25, -0.2) is 4.39 Å². The molecule has 3 aromatic rings. The Morgan fingerprint density at radius 3 is 2.56 bits per heavy atom. The quantitative estimate of drug-likeness (QED) is 0.431. The van der Waals surface area contributed by atoms with Crippen molar-refractivity contribution in [1.29, 1.82) is 0 Å². The fourth-order valence-electron chi connectivity index (χ4n) is 5.15. The molecule has 0 aromatic heterocycles. The molecule has 0 amide bonds. The van der Waals surface area contributed by atoms with Crippen LogP contribution in [-0.2, 0) is 17.6 Å². The van der Waals surface area contributed by atoms with E-state index >= 15 is 0 Å². The van der Waals surface area contributed by atoms with Crippen molar-refractivity contribution < 1.29 is 23.8 Å². The lowest BCUT2D eigenvalue weighted by Crippen LogP contribution is -2.20. The van der Waals surface area contributed by atoms with E-state index in [9.17, 15) is 14.3 Å². The number of hydrogen-bond donors (Lipinski definition) is 1. The number of hydrogen-bond acceptors (Lipinski definition) is 3. The van der Waals surface area contributed by atoms with Crippen molar-refractivity contribution in [3.05, 3.63) is 83.2 Å². The van der Waals surface area contributed by atoms with Gasteiger partial charge in [0, 0.05) is 18.4 Å². The first-order valence-corrected chi connectivity index (χ1v) is 11.9. The number of ether oxygens (including phenoxy) is 2. The summed E-state index contributed by atoms with van der Waals surface area (Å²) in [5, 5.41) is 9.57. The number of carbonyl (C=O) groups is 1. The number of halogens is 1. The third kappa shape index (κ3) is 4.52. The van der Waals surface area contributed by atoms with Crippen LogP contribution in [0.15, 0.2) is 60.7 Å². The Morgan fingerprint density at radius 2 is 1.88 bits per heavy atom. The summed E-state index contributed by atoms with van der Waals surface area (Å²) in [4.78, 5) is 11.6. The van der Waals surface area contributed by atoms with Gasteiger partial charge in [-0.2, -0.15) is 0 Å². The minimum absolute atomic E-state index is 0.0286. The van der Waals surface area contributed by atoms with Crippen LogP contribution in [0.4, 0.5) is 4.39 Å². The zero-order valence-electron chi connectivity index (χ0n) is 19.5. The number of methoxy groups -OCH3 is 1. The minimum atomic E-state index is -0.742. The van der Waals surface area contributed by atoms with Crippen LogP contribution in [0.2, 0.25) is 0 Å². The van der Waals surface area contributed by atoms with E-state index in [0.29, 0.717) is 17.2 Å². The number of aliphatic carboxylic acids is 1. The zero-order valence-corrected chi connectivity index (χ0v) is 19.5. The Kier molecular flexibility index (Phi) is 6.03. The molecule has 4 nitrogen and oxygen atoms in total. The van der Waals surface area contributed by atoms with Crippen LogP contribution < -0.4 is 9.47 Å². The van der Waals surface area contributed by atoms with Gasteiger partial charge in [-0.1, -0.05) is 43.3 Å². The van der Waals surface area contributed by atoms with Crippen LogP contribution in [0.25, 0.3) is 11.1 Å². The summed E-state index contributed by atoms with van der Waals surface area (Å²) in [5.74, 6) is 0.563. The van der Waals surface area contributed by atoms with Crippen molar-refractivity contribution in [3.8, 4) is 22.6 Å². The molecule has 5 heteroatoms. The molecular weight excluding hydrogens is 431 g/mol. The molecule has 0 spiro atoms. The maximum atomic E-state index is 14.3. The number of carboxylic acid groups (broad SMARTS) is 1. The average molecular weight is 461 g/mol. The van der Waals surface area contributed by atoms with Crippen molar-refractivity contribution in [2.24, 2.45) is 11.8 Å². The topological polar surface area (TPSA) is 55.8 Å². The van der Waals surface area contributed by atoms with Gasteiger partial charge in [0.15, 0.2) is 0 Å². The first-order valence-electron chi connectivity index (χ1n) is 11.9. The molecule has 1 heterocycles. The van der Waals surface area contributed by atoms with Gasteiger partial charge >= 0.3 is 5.97 Å². The van der Waals surface area contributed by atoms with E-state index in [1.54, 1.807) is 19.2 Å². The molecule has 1 N–H and O–H groups in total. The highest BCUT2D eigenvalue weighted by Gasteiger charge is 2.39. The second-order valence-electron chi connectivity index (χ2n) is 9.55. The fourth-order valence-corrected chi connectivity index (χ4v) is 5.15. The lowest BCUT2D eigenvalue weighted by Gasteiger charge is -2.21. The van der Waals surface area contributed by atoms with E-state index in [2.05, 4.69) is 18.2 Å². The minimum Gasteiger partial charge on any atom is -0.497 e. The summed E-state index contributed by atoms with van der Waals surface area (Å²) in [6, 6.07) is 18.9. The Morgan fingerprint density at radius 1 is 1.12 bits per heavy atom. The molecule has 1 saturated carbocycles. The predicted molar refractivity (Wildman–Crippen MR) is 129 cm³/mol. The van der Waals surface area contributed by atoms with E-state index < -0.39 is 11.9 Å². The molecule has 1 aliphatic carbocycles. The highest BCUT2D eigenvalue weighted by atomic mass is 19.1. The van der Waals surface area contributed by atoms with Crippen LogP contribution >= 0.6 is 0 Å². The van der Waals surface area contributed by atoms with E-state index in [0.717, 1.165) is 48.1 Å². The lowest BCUT2D eigenvalue weighted by atomic mass is 9.83. The van der Waals surface area contributed by atoms with E-state index in [-0.39, 0.29) is 17.8 Å². The zero-order chi connectivity index (χ0) is 23.8. The molecule has 34 heavy (non-hydrogen) atoms. The molecule has 2 aliphatic rings. The Labute approximate surface area is 199 Å². The first kappa shape index (κ1) is 22.5. The van der Waals surface area contributed by atoms with Crippen LogP contribution in [0, 0.1) is 17.7 Å². The molecule has 176 valence electrons. The van der Waals surface area contributed by atoms with Gasteiger partial charge in [0.2, 0.25) is 0 Å². The SMILES string of the molecule is COc1ccc(F)c(-c2ccc(CC3Cc4ccc([C@H](C5CC5)[C@H](C)C(=O)O)cc4O3)cc2)c1. The summed E-state index contributed by atoms with van der Waals surface area (Å²) < 4.78 is 25.8. The average Bonchev–Trinajstić information content (AvgIpc) is 3.58. The van der Waals surface area contributed by atoms with Gasteiger partial charge in [0.1, 0.15) is 23.4 Å². The molecule has 0 saturated heterocycles. The van der Waals surface area contributed by atoms with Crippen molar-refractivity contribution in [2.75, 3.05) is 7.11 Å². The van der Waals surface area contributed by atoms with Crippen molar-refractivity contribution in [1.82, 2.24) is 0 Å². The largest absolute Gasteiger partial charge is 0.497 e. The van der Waals surface area contributed by atoms with Crippen molar-refractivity contribution in [2.45, 2.75) is 44.6 Å². The van der Waals surface area contributed by atoms with Gasteiger partial charge in [-0.05, 0) is 71.2 Å². The van der Waals surface area contributed by atoms with Crippen molar-refractivity contribution >= 4 is 5.97 Å². The molecule has 0 bridgehead atoms. The first-order chi connectivity index (χ1) is 16.4. The fraction of sp³-hybridized carbons (Fsp3) is 0.345. The number of carboxylic acids is 1. The maximum absolute atomic E-state index is 14.3. The third-order valence-electron chi connectivity index (χ3n) is 7.18. The summed E-state index contributed by atoms with van der Waals surface area (Å²) in [6.07, 6.45) is 3.80. The molecular formula is C29H29FO4. The molecule has 3 aromatic carbocycles. The van der Waals surface area contributed by atoms with Crippen molar-refractivity contribution in [3.63, 3.8) is 0 Å². The van der Waals surface area contributed by atoms with Crippen LogP contribution in [0.1, 0.15) is 42.4 Å². The third-order valence-corrected chi connectivity index (χ3v) is 7.18. The molecule has 5 rings (SSSR count). The van der Waals surface area contributed by atoms with Crippen LogP contribution in [0.3, 0.4) is 0 Å². The highest BCUT2D eigenvalue weighted by molar-refractivity contribution is 5.71.